The summed E-state index contributed by atoms with van der Waals surface area (Å²) in [6, 6.07) is 13.2. The van der Waals surface area contributed by atoms with E-state index in [2.05, 4.69) is 0 Å². The number of urea groups is 1. The van der Waals surface area contributed by atoms with E-state index in [0.717, 1.165) is 5.56 Å². The Kier molecular flexibility index (Phi) is 9.58. The van der Waals surface area contributed by atoms with Crippen molar-refractivity contribution in [2.45, 2.75) is 19.4 Å². The van der Waals surface area contributed by atoms with Crippen molar-refractivity contribution in [1.82, 2.24) is 4.90 Å². The number of nitro benzene ring substituents is 1. The highest BCUT2D eigenvalue weighted by molar-refractivity contribution is 5.94. The van der Waals surface area contributed by atoms with Crippen LogP contribution in [0.15, 0.2) is 54.6 Å². The van der Waals surface area contributed by atoms with Gasteiger partial charge in [0.25, 0.3) is 5.69 Å². The molecule has 1 atom stereocenters. The molecule has 0 bridgehead atoms. The van der Waals surface area contributed by atoms with Gasteiger partial charge in [-0.05, 0) is 24.6 Å². The molecule has 0 aliphatic carbocycles. The van der Waals surface area contributed by atoms with Gasteiger partial charge in [0.2, 0.25) is 0 Å². The van der Waals surface area contributed by atoms with Gasteiger partial charge in [0.05, 0.1) is 11.5 Å². The molecule has 172 valence electrons. The normalized spacial score (nSPS) is 11.5. The van der Waals surface area contributed by atoms with Gasteiger partial charge < -0.3 is 14.2 Å². The predicted octanol–water partition coefficient (Wildman–Crippen LogP) is 3.21. The first-order valence-electron chi connectivity index (χ1n) is 9.93. The summed E-state index contributed by atoms with van der Waals surface area (Å²) in [5, 5.41) is 11.0. The fourth-order valence-corrected chi connectivity index (χ4v) is 3.09. The van der Waals surface area contributed by atoms with Crippen LogP contribution in [0.1, 0.15) is 12.5 Å². The number of carbonyl (C=O) groups is 2. The molecule has 10 nitrogen and oxygen atoms in total. The standard InChI is InChI=1S/C22H27N3O7/c1-4-32-21(26)20(14-17-8-6-5-7-9-17)24(16-31-3)22(27)23(15-30-2)18-10-12-19(13-11-18)25(28)29/h5-13,20H,4,14-16H2,1-3H3/t20-/m0/s1. The van der Waals surface area contributed by atoms with Gasteiger partial charge in [0.1, 0.15) is 19.5 Å². The number of non-ortho nitro benzene ring substituents is 1. The molecular formula is C22H27N3O7. The minimum absolute atomic E-state index is 0.110. The van der Waals surface area contributed by atoms with Gasteiger partial charge in [0, 0.05) is 38.5 Å². The molecule has 0 heterocycles. The van der Waals surface area contributed by atoms with Crippen molar-refractivity contribution in [1.29, 1.82) is 0 Å². The van der Waals surface area contributed by atoms with Crippen molar-refractivity contribution in [3.05, 3.63) is 70.3 Å². The fraction of sp³-hybridized carbons (Fsp3) is 0.364. The van der Waals surface area contributed by atoms with E-state index in [1.54, 1.807) is 6.92 Å². The molecule has 0 radical (unpaired) electrons. The molecule has 10 heteroatoms. The number of rotatable bonds is 11. The zero-order chi connectivity index (χ0) is 23.5. The Morgan fingerprint density at radius 1 is 1.00 bits per heavy atom. The summed E-state index contributed by atoms with van der Waals surface area (Å²) in [6.45, 7) is 1.53. The van der Waals surface area contributed by atoms with Crippen LogP contribution in [0.4, 0.5) is 16.2 Å². The molecule has 0 aromatic heterocycles. The molecule has 0 fully saturated rings. The maximum atomic E-state index is 13.5. The van der Waals surface area contributed by atoms with Crippen molar-refractivity contribution >= 4 is 23.4 Å². The summed E-state index contributed by atoms with van der Waals surface area (Å²) >= 11 is 0. The lowest BCUT2D eigenvalue weighted by Gasteiger charge is -2.34. The van der Waals surface area contributed by atoms with Crippen LogP contribution in [0.2, 0.25) is 0 Å². The number of hydrogen-bond acceptors (Lipinski definition) is 7. The molecule has 2 aromatic rings. The number of methoxy groups -OCH3 is 2. The Hall–Kier alpha value is -3.50. The minimum Gasteiger partial charge on any atom is -0.464 e. The minimum atomic E-state index is -0.956. The maximum Gasteiger partial charge on any atom is 0.329 e. The van der Waals surface area contributed by atoms with Crippen molar-refractivity contribution in [2.24, 2.45) is 0 Å². The number of amides is 2. The van der Waals surface area contributed by atoms with Gasteiger partial charge >= 0.3 is 12.0 Å². The Bertz CT molecular complexity index is 890. The van der Waals surface area contributed by atoms with Crippen LogP contribution in [0.5, 0.6) is 0 Å². The molecule has 0 unspecified atom stereocenters. The van der Waals surface area contributed by atoms with Crippen LogP contribution in [-0.2, 0) is 25.4 Å². The summed E-state index contributed by atoms with van der Waals surface area (Å²) in [4.78, 5) is 39.3. The average Bonchev–Trinajstić information content (AvgIpc) is 2.80. The molecule has 0 aliphatic heterocycles. The van der Waals surface area contributed by atoms with E-state index in [1.165, 1.54) is 48.3 Å². The highest BCUT2D eigenvalue weighted by Crippen LogP contribution is 2.22. The highest BCUT2D eigenvalue weighted by atomic mass is 16.6. The second-order valence-electron chi connectivity index (χ2n) is 6.75. The molecule has 2 aromatic carbocycles. The SMILES string of the molecule is CCOC(=O)[C@H](Cc1ccccc1)N(COC)C(=O)N(COC)c1ccc([N+](=O)[O-])cc1. The number of benzene rings is 2. The average molecular weight is 445 g/mol. The van der Waals surface area contributed by atoms with E-state index in [4.69, 9.17) is 14.2 Å². The second-order valence-corrected chi connectivity index (χ2v) is 6.75. The lowest BCUT2D eigenvalue weighted by molar-refractivity contribution is -0.384. The Labute approximate surface area is 186 Å². The van der Waals surface area contributed by atoms with Gasteiger partial charge in [-0.15, -0.1) is 0 Å². The van der Waals surface area contributed by atoms with Gasteiger partial charge in [-0.2, -0.15) is 0 Å². The van der Waals surface area contributed by atoms with E-state index in [9.17, 15) is 19.7 Å². The number of ether oxygens (including phenoxy) is 3. The molecule has 2 amide bonds. The summed E-state index contributed by atoms with van der Waals surface area (Å²) in [5.41, 5.74) is 1.10. The first-order valence-corrected chi connectivity index (χ1v) is 9.93. The van der Waals surface area contributed by atoms with E-state index in [1.807, 2.05) is 30.3 Å². The lowest BCUT2D eigenvalue weighted by Crippen LogP contribution is -2.53. The third kappa shape index (κ3) is 6.50. The number of nitro groups is 1. The second kappa shape index (κ2) is 12.4. The van der Waals surface area contributed by atoms with Crippen LogP contribution in [0, 0.1) is 10.1 Å². The third-order valence-corrected chi connectivity index (χ3v) is 4.58. The summed E-state index contributed by atoms with van der Waals surface area (Å²) in [7, 11) is 2.83. The van der Waals surface area contributed by atoms with Gasteiger partial charge in [-0.25, -0.2) is 9.59 Å². The zero-order valence-electron chi connectivity index (χ0n) is 18.3. The summed E-state index contributed by atoms with van der Waals surface area (Å²) in [6.07, 6.45) is 0.218. The quantitative estimate of drug-likeness (QED) is 0.226. The Balaban J connectivity index is 2.41. The molecule has 0 saturated heterocycles. The number of anilines is 1. The van der Waals surface area contributed by atoms with E-state index >= 15 is 0 Å². The van der Waals surface area contributed by atoms with Gasteiger partial charge in [0.15, 0.2) is 0 Å². The van der Waals surface area contributed by atoms with Crippen molar-refractivity contribution in [3.63, 3.8) is 0 Å². The van der Waals surface area contributed by atoms with E-state index in [-0.39, 0.29) is 32.2 Å². The zero-order valence-corrected chi connectivity index (χ0v) is 18.3. The summed E-state index contributed by atoms with van der Waals surface area (Å²) < 4.78 is 15.6. The number of nitrogens with zero attached hydrogens (tertiary/aromatic N) is 3. The smallest absolute Gasteiger partial charge is 0.329 e. The van der Waals surface area contributed by atoms with Crippen molar-refractivity contribution in [3.8, 4) is 0 Å². The molecule has 0 aliphatic rings. The number of carbonyl (C=O) groups excluding carboxylic acids is 2. The fourth-order valence-electron chi connectivity index (χ4n) is 3.09. The monoisotopic (exact) mass is 445 g/mol. The van der Waals surface area contributed by atoms with Crippen molar-refractivity contribution in [2.75, 3.05) is 39.2 Å². The molecule has 0 saturated carbocycles. The van der Waals surface area contributed by atoms with E-state index < -0.39 is 23.0 Å². The topological polar surface area (TPSA) is 111 Å². The van der Waals surface area contributed by atoms with Gasteiger partial charge in [-0.3, -0.25) is 19.9 Å². The molecule has 32 heavy (non-hydrogen) atoms. The van der Waals surface area contributed by atoms with Crippen LogP contribution in [-0.4, -0.2) is 62.2 Å². The Morgan fingerprint density at radius 3 is 2.16 bits per heavy atom. The van der Waals surface area contributed by atoms with Gasteiger partial charge in [-0.1, -0.05) is 30.3 Å². The highest BCUT2D eigenvalue weighted by Gasteiger charge is 2.34. The Morgan fingerprint density at radius 2 is 1.62 bits per heavy atom. The maximum absolute atomic E-state index is 13.5. The van der Waals surface area contributed by atoms with Crippen molar-refractivity contribution < 1.29 is 28.7 Å². The third-order valence-electron chi connectivity index (χ3n) is 4.58. The summed E-state index contributed by atoms with van der Waals surface area (Å²) in [5.74, 6) is -0.567. The lowest BCUT2D eigenvalue weighted by atomic mass is 10.0. The molecule has 2 rings (SSSR count). The van der Waals surface area contributed by atoms with E-state index in [0.29, 0.717) is 5.69 Å². The molecular weight excluding hydrogens is 418 g/mol. The number of esters is 1. The predicted molar refractivity (Wildman–Crippen MR) is 117 cm³/mol. The first-order chi connectivity index (χ1) is 15.4. The number of hydrogen-bond donors (Lipinski definition) is 0. The van der Waals surface area contributed by atoms with Crippen LogP contribution < -0.4 is 4.90 Å². The van der Waals surface area contributed by atoms with Crippen LogP contribution >= 0.6 is 0 Å². The van der Waals surface area contributed by atoms with Crippen LogP contribution in [0.25, 0.3) is 0 Å². The largest absolute Gasteiger partial charge is 0.464 e. The van der Waals surface area contributed by atoms with Crippen LogP contribution in [0.3, 0.4) is 0 Å². The molecule has 0 N–H and O–H groups in total. The molecule has 0 spiro atoms. The first kappa shape index (κ1) is 24.8.